The van der Waals surface area contributed by atoms with Crippen LogP contribution in [0.4, 0.5) is 0 Å². The molecule has 0 amide bonds. The molecule has 1 unspecified atom stereocenters. The van der Waals surface area contributed by atoms with E-state index < -0.39 is 0 Å². The lowest BCUT2D eigenvalue weighted by atomic mass is 9.97. The van der Waals surface area contributed by atoms with Crippen LogP contribution in [0.15, 0.2) is 47.4 Å². The van der Waals surface area contributed by atoms with Gasteiger partial charge in [-0.3, -0.25) is 9.47 Å². The SMILES string of the molecule is CCn1c(C2CCCN(Cc3ccnn3-c3ccccc3)C2)nn(C)c1=O. The number of hydrogen-bond acceptors (Lipinski definition) is 4. The summed E-state index contributed by atoms with van der Waals surface area (Å²) in [6.07, 6.45) is 4.04. The summed E-state index contributed by atoms with van der Waals surface area (Å²) in [6.45, 7) is 5.48. The van der Waals surface area contributed by atoms with Crippen molar-refractivity contribution in [3.05, 3.63) is 64.6 Å². The summed E-state index contributed by atoms with van der Waals surface area (Å²) >= 11 is 0. The van der Waals surface area contributed by atoms with Gasteiger partial charge in [0.1, 0.15) is 5.82 Å². The van der Waals surface area contributed by atoms with E-state index in [0.29, 0.717) is 12.5 Å². The lowest BCUT2D eigenvalue weighted by Crippen LogP contribution is -2.36. The van der Waals surface area contributed by atoms with Gasteiger partial charge < -0.3 is 0 Å². The highest BCUT2D eigenvalue weighted by Gasteiger charge is 2.27. The van der Waals surface area contributed by atoms with Crippen LogP contribution >= 0.6 is 0 Å². The van der Waals surface area contributed by atoms with Gasteiger partial charge >= 0.3 is 5.69 Å². The third-order valence-corrected chi connectivity index (χ3v) is 5.33. The zero-order valence-corrected chi connectivity index (χ0v) is 16.0. The molecule has 27 heavy (non-hydrogen) atoms. The van der Waals surface area contributed by atoms with Crippen LogP contribution in [0.5, 0.6) is 0 Å². The quantitative estimate of drug-likeness (QED) is 0.694. The Kier molecular flexibility index (Phi) is 4.94. The summed E-state index contributed by atoms with van der Waals surface area (Å²) in [7, 11) is 1.73. The molecule has 3 aromatic rings. The Labute approximate surface area is 158 Å². The van der Waals surface area contributed by atoms with E-state index >= 15 is 0 Å². The van der Waals surface area contributed by atoms with Crippen molar-refractivity contribution in [1.82, 2.24) is 29.0 Å². The molecule has 2 aromatic heterocycles. The molecule has 0 N–H and O–H groups in total. The average molecular weight is 366 g/mol. The van der Waals surface area contributed by atoms with Gasteiger partial charge in [0.15, 0.2) is 0 Å². The molecule has 0 spiro atoms. The Morgan fingerprint density at radius 3 is 2.78 bits per heavy atom. The van der Waals surface area contributed by atoms with Gasteiger partial charge in [0, 0.05) is 38.8 Å². The van der Waals surface area contributed by atoms with E-state index in [9.17, 15) is 4.79 Å². The Morgan fingerprint density at radius 1 is 1.19 bits per heavy atom. The Bertz CT molecular complexity index is 955. The molecule has 0 aliphatic carbocycles. The summed E-state index contributed by atoms with van der Waals surface area (Å²) in [5, 5.41) is 9.02. The number of piperidine rings is 1. The molecule has 142 valence electrons. The lowest BCUT2D eigenvalue weighted by Gasteiger charge is -2.32. The molecule has 7 nitrogen and oxygen atoms in total. The number of hydrogen-bond donors (Lipinski definition) is 0. The number of para-hydroxylation sites is 1. The maximum absolute atomic E-state index is 12.2. The van der Waals surface area contributed by atoms with Gasteiger partial charge in [-0.2, -0.15) is 10.2 Å². The zero-order chi connectivity index (χ0) is 18.8. The molecule has 0 radical (unpaired) electrons. The molecule has 1 atom stereocenters. The highest BCUT2D eigenvalue weighted by atomic mass is 16.2. The summed E-state index contributed by atoms with van der Waals surface area (Å²) in [5.41, 5.74) is 2.23. The lowest BCUT2D eigenvalue weighted by molar-refractivity contribution is 0.191. The molecule has 1 aliphatic rings. The second kappa shape index (κ2) is 7.52. The van der Waals surface area contributed by atoms with E-state index in [1.165, 1.54) is 10.4 Å². The van der Waals surface area contributed by atoms with Crippen molar-refractivity contribution in [3.63, 3.8) is 0 Å². The van der Waals surface area contributed by atoms with E-state index in [2.05, 4.69) is 33.3 Å². The second-order valence-corrected chi connectivity index (χ2v) is 7.15. The molecule has 0 saturated carbocycles. The van der Waals surface area contributed by atoms with Crippen molar-refractivity contribution in [2.75, 3.05) is 13.1 Å². The third kappa shape index (κ3) is 3.47. The maximum Gasteiger partial charge on any atom is 0.345 e. The van der Waals surface area contributed by atoms with Crippen LogP contribution in [-0.2, 0) is 20.1 Å². The number of benzene rings is 1. The Morgan fingerprint density at radius 2 is 2.00 bits per heavy atom. The number of nitrogens with zero attached hydrogens (tertiary/aromatic N) is 6. The van der Waals surface area contributed by atoms with E-state index in [-0.39, 0.29) is 5.69 Å². The summed E-state index contributed by atoms with van der Waals surface area (Å²) in [6, 6.07) is 12.3. The van der Waals surface area contributed by atoms with Crippen molar-refractivity contribution in [3.8, 4) is 5.69 Å². The number of likely N-dealkylation sites (tertiary alicyclic amines) is 1. The molecular weight excluding hydrogens is 340 g/mol. The van der Waals surface area contributed by atoms with Crippen LogP contribution in [0, 0.1) is 0 Å². The monoisotopic (exact) mass is 366 g/mol. The topological polar surface area (TPSA) is 60.9 Å². The fourth-order valence-corrected chi connectivity index (χ4v) is 4.01. The first kappa shape index (κ1) is 17.7. The largest absolute Gasteiger partial charge is 0.345 e. The minimum Gasteiger partial charge on any atom is -0.297 e. The summed E-state index contributed by atoms with van der Waals surface area (Å²) in [4.78, 5) is 14.7. The predicted molar refractivity (Wildman–Crippen MR) is 104 cm³/mol. The van der Waals surface area contributed by atoms with Gasteiger partial charge in [-0.05, 0) is 44.5 Å². The van der Waals surface area contributed by atoms with E-state index in [0.717, 1.165) is 44.0 Å². The Balaban J connectivity index is 1.53. The number of rotatable bonds is 5. The number of aryl methyl sites for hydroxylation is 1. The van der Waals surface area contributed by atoms with Crippen LogP contribution in [0.25, 0.3) is 5.69 Å². The smallest absolute Gasteiger partial charge is 0.297 e. The molecule has 1 aliphatic heterocycles. The fourth-order valence-electron chi connectivity index (χ4n) is 4.01. The average Bonchev–Trinajstić information content (AvgIpc) is 3.27. The first-order chi connectivity index (χ1) is 13.2. The summed E-state index contributed by atoms with van der Waals surface area (Å²) < 4.78 is 5.27. The van der Waals surface area contributed by atoms with Crippen LogP contribution in [0.1, 0.15) is 37.2 Å². The van der Waals surface area contributed by atoms with Gasteiger partial charge in [-0.25, -0.2) is 14.2 Å². The highest BCUT2D eigenvalue weighted by Crippen LogP contribution is 2.26. The highest BCUT2D eigenvalue weighted by molar-refractivity contribution is 5.32. The van der Waals surface area contributed by atoms with E-state index in [1.54, 1.807) is 7.05 Å². The second-order valence-electron chi connectivity index (χ2n) is 7.15. The maximum atomic E-state index is 12.2. The molecule has 1 saturated heterocycles. The fraction of sp³-hybridized carbons (Fsp3) is 0.450. The molecule has 1 fully saturated rings. The standard InChI is InChI=1S/C20H26N6O/c1-3-25-19(22-23(2)20(25)27)16-8-7-13-24(14-16)15-18-11-12-21-26(18)17-9-5-4-6-10-17/h4-6,9-12,16H,3,7-8,13-15H2,1-2H3. The van der Waals surface area contributed by atoms with Gasteiger partial charge in [0.2, 0.25) is 0 Å². The van der Waals surface area contributed by atoms with Gasteiger partial charge in [-0.1, -0.05) is 18.2 Å². The minimum absolute atomic E-state index is 0.0215. The van der Waals surface area contributed by atoms with Gasteiger partial charge in [0.25, 0.3) is 0 Å². The van der Waals surface area contributed by atoms with Gasteiger partial charge in [-0.15, -0.1) is 0 Å². The summed E-state index contributed by atoms with van der Waals surface area (Å²) in [5.74, 6) is 1.21. The van der Waals surface area contributed by atoms with Crippen molar-refractivity contribution in [2.24, 2.45) is 7.05 Å². The minimum atomic E-state index is -0.0215. The predicted octanol–water partition coefficient (Wildman–Crippen LogP) is 2.17. The van der Waals surface area contributed by atoms with Gasteiger partial charge in [0.05, 0.1) is 11.4 Å². The molecule has 7 heteroatoms. The van der Waals surface area contributed by atoms with Crippen LogP contribution in [-0.4, -0.2) is 42.1 Å². The van der Waals surface area contributed by atoms with Crippen LogP contribution < -0.4 is 5.69 Å². The Hall–Kier alpha value is -2.67. The van der Waals surface area contributed by atoms with Crippen molar-refractivity contribution in [1.29, 1.82) is 0 Å². The molecule has 3 heterocycles. The van der Waals surface area contributed by atoms with Crippen molar-refractivity contribution < 1.29 is 0 Å². The molecular formula is C20H26N6O. The zero-order valence-electron chi connectivity index (χ0n) is 16.0. The molecule has 0 bridgehead atoms. The van der Waals surface area contributed by atoms with Crippen LogP contribution in [0.2, 0.25) is 0 Å². The first-order valence-corrected chi connectivity index (χ1v) is 9.61. The molecule has 4 rings (SSSR count). The van der Waals surface area contributed by atoms with E-state index in [1.807, 2.05) is 40.6 Å². The number of aromatic nitrogens is 5. The third-order valence-electron chi connectivity index (χ3n) is 5.33. The first-order valence-electron chi connectivity index (χ1n) is 9.61. The van der Waals surface area contributed by atoms with E-state index in [4.69, 9.17) is 0 Å². The van der Waals surface area contributed by atoms with Crippen molar-refractivity contribution >= 4 is 0 Å². The molecule has 1 aromatic carbocycles. The van der Waals surface area contributed by atoms with Crippen molar-refractivity contribution in [2.45, 2.75) is 38.8 Å². The normalized spacial score (nSPS) is 18.1. The van der Waals surface area contributed by atoms with Crippen LogP contribution in [0.3, 0.4) is 0 Å².